The monoisotopic (exact) mass is 657 g/mol. The fraction of sp³-hybridized carbons (Fsp3) is 0.455. The summed E-state index contributed by atoms with van der Waals surface area (Å²) < 4.78 is 5.39. The predicted octanol–water partition coefficient (Wildman–Crippen LogP) is 5.18. The number of aromatic amines is 1. The quantitative estimate of drug-likeness (QED) is 0.182. The highest BCUT2D eigenvalue weighted by molar-refractivity contribution is 6.38. The number of ether oxygens (including phenoxy) is 1. The SMILES string of the molecule is CC(C)C[C@H](NC(=O)[C@@]1(NC(=O)[C@H](CC(C)C)NC(=O)OCc2ccccc2)CCc2[nH]c3c(Cl)cc(Cl)cc3c2C1)C(N)=O. The van der Waals surface area contributed by atoms with E-state index in [1.807, 2.05) is 58.0 Å². The van der Waals surface area contributed by atoms with Crippen LogP contribution in [0.15, 0.2) is 42.5 Å². The Labute approximate surface area is 273 Å². The summed E-state index contributed by atoms with van der Waals surface area (Å²) in [6.45, 7) is 7.73. The molecule has 4 rings (SSSR count). The van der Waals surface area contributed by atoms with E-state index >= 15 is 0 Å². The number of primary amides is 1. The summed E-state index contributed by atoms with van der Waals surface area (Å²) in [4.78, 5) is 56.6. The van der Waals surface area contributed by atoms with Crippen molar-refractivity contribution in [3.8, 4) is 0 Å². The van der Waals surface area contributed by atoms with Gasteiger partial charge in [-0.3, -0.25) is 14.4 Å². The molecule has 1 aliphatic rings. The number of benzene rings is 2. The van der Waals surface area contributed by atoms with Gasteiger partial charge in [0, 0.05) is 22.5 Å². The van der Waals surface area contributed by atoms with E-state index in [0.29, 0.717) is 34.8 Å². The number of H-pyrrole nitrogens is 1. The number of fused-ring (bicyclic) bond motifs is 3. The summed E-state index contributed by atoms with van der Waals surface area (Å²) >= 11 is 12.8. The third kappa shape index (κ3) is 8.49. The Morgan fingerprint density at radius 2 is 1.64 bits per heavy atom. The number of amides is 4. The lowest BCUT2D eigenvalue weighted by Crippen LogP contribution is -2.66. The number of halogens is 2. The van der Waals surface area contributed by atoms with Gasteiger partial charge in [0.15, 0.2) is 0 Å². The molecular formula is C33H41Cl2N5O5. The summed E-state index contributed by atoms with van der Waals surface area (Å²) in [6, 6.07) is 10.7. The average molecular weight is 659 g/mol. The van der Waals surface area contributed by atoms with Gasteiger partial charge in [0.25, 0.3) is 0 Å². The molecule has 1 aromatic heterocycles. The standard InChI is InChI=1S/C33H41Cl2N5O5/c1-18(2)12-26(29(36)41)38-31(43)33(11-10-25-23(16-33)22-14-21(34)15-24(35)28(22)37-25)40-30(42)27(13-19(3)4)39-32(44)45-17-20-8-6-5-7-9-20/h5-9,14-15,18-19,26-27,37H,10-13,16-17H2,1-4H3,(H2,36,41)(H,38,43)(H,39,44)(H,40,42)/t26-,27-,33+/m0/s1. The van der Waals surface area contributed by atoms with Crippen molar-refractivity contribution < 1.29 is 23.9 Å². The molecule has 1 aliphatic carbocycles. The first kappa shape index (κ1) is 34.1. The number of aryl methyl sites for hydroxylation is 1. The molecule has 0 aliphatic heterocycles. The molecule has 3 atom stereocenters. The van der Waals surface area contributed by atoms with Crippen LogP contribution in [-0.4, -0.2) is 46.4 Å². The van der Waals surface area contributed by atoms with Crippen LogP contribution in [0, 0.1) is 11.8 Å². The molecule has 3 aromatic rings. The Kier molecular flexibility index (Phi) is 11.0. The third-order valence-electron chi connectivity index (χ3n) is 7.98. The normalized spacial score (nSPS) is 17.4. The molecule has 4 amide bonds. The zero-order valence-electron chi connectivity index (χ0n) is 26.0. The molecule has 10 nitrogen and oxygen atoms in total. The molecule has 6 N–H and O–H groups in total. The molecule has 45 heavy (non-hydrogen) atoms. The summed E-state index contributed by atoms with van der Waals surface area (Å²) in [5, 5.41) is 10.1. The number of nitrogens with one attached hydrogen (secondary N) is 4. The van der Waals surface area contributed by atoms with Crippen molar-refractivity contribution in [2.45, 2.75) is 84.0 Å². The van der Waals surface area contributed by atoms with Gasteiger partial charge in [0.2, 0.25) is 17.7 Å². The van der Waals surface area contributed by atoms with Crippen molar-refractivity contribution in [3.63, 3.8) is 0 Å². The number of nitrogens with two attached hydrogens (primary N) is 1. The van der Waals surface area contributed by atoms with Crippen molar-refractivity contribution in [3.05, 3.63) is 69.3 Å². The Morgan fingerprint density at radius 3 is 2.29 bits per heavy atom. The van der Waals surface area contributed by atoms with Crippen molar-refractivity contribution in [2.24, 2.45) is 17.6 Å². The van der Waals surface area contributed by atoms with Gasteiger partial charge < -0.3 is 31.4 Å². The van der Waals surface area contributed by atoms with Crippen molar-refractivity contribution >= 4 is 57.9 Å². The van der Waals surface area contributed by atoms with E-state index in [1.165, 1.54) is 0 Å². The average Bonchev–Trinajstić information content (AvgIpc) is 3.33. The van der Waals surface area contributed by atoms with Crippen LogP contribution in [0.2, 0.25) is 10.0 Å². The predicted molar refractivity (Wildman–Crippen MR) is 175 cm³/mol. The second-order valence-corrected chi connectivity index (χ2v) is 13.4. The second kappa shape index (κ2) is 14.6. The Morgan fingerprint density at radius 1 is 0.978 bits per heavy atom. The molecule has 0 radical (unpaired) electrons. The van der Waals surface area contributed by atoms with Gasteiger partial charge in [-0.1, -0.05) is 81.2 Å². The number of aromatic nitrogens is 1. The molecule has 0 bridgehead atoms. The largest absolute Gasteiger partial charge is 0.445 e. The van der Waals surface area contributed by atoms with Crippen LogP contribution in [0.5, 0.6) is 0 Å². The maximum Gasteiger partial charge on any atom is 0.408 e. The minimum atomic E-state index is -1.47. The molecule has 0 fully saturated rings. The first-order valence-electron chi connectivity index (χ1n) is 15.2. The summed E-state index contributed by atoms with van der Waals surface area (Å²) in [5.74, 6) is -1.65. The van der Waals surface area contributed by atoms with Crippen LogP contribution in [0.4, 0.5) is 4.79 Å². The van der Waals surface area contributed by atoms with Gasteiger partial charge >= 0.3 is 6.09 Å². The fourth-order valence-electron chi connectivity index (χ4n) is 5.78. The topological polar surface area (TPSA) is 155 Å². The molecular weight excluding hydrogens is 617 g/mol. The van der Waals surface area contributed by atoms with E-state index < -0.39 is 41.4 Å². The number of rotatable bonds is 12. The molecule has 2 aromatic carbocycles. The minimum absolute atomic E-state index is 0.0288. The lowest BCUT2D eigenvalue weighted by molar-refractivity contribution is -0.137. The van der Waals surface area contributed by atoms with Crippen molar-refractivity contribution in [1.29, 1.82) is 0 Å². The first-order chi connectivity index (χ1) is 21.3. The number of hydrogen-bond donors (Lipinski definition) is 5. The van der Waals surface area contributed by atoms with Crippen LogP contribution < -0.4 is 21.7 Å². The van der Waals surface area contributed by atoms with Crippen LogP contribution in [0.25, 0.3) is 10.9 Å². The third-order valence-corrected chi connectivity index (χ3v) is 8.50. The second-order valence-electron chi connectivity index (χ2n) is 12.6. The maximum atomic E-state index is 14.2. The van der Waals surface area contributed by atoms with E-state index in [4.69, 9.17) is 33.7 Å². The van der Waals surface area contributed by atoms with Gasteiger partial charge in [-0.2, -0.15) is 0 Å². The highest BCUT2D eigenvalue weighted by Crippen LogP contribution is 2.38. The van der Waals surface area contributed by atoms with E-state index in [9.17, 15) is 19.2 Å². The van der Waals surface area contributed by atoms with Gasteiger partial charge in [-0.15, -0.1) is 0 Å². The number of hydrogen-bond acceptors (Lipinski definition) is 5. The zero-order valence-corrected chi connectivity index (χ0v) is 27.5. The van der Waals surface area contributed by atoms with E-state index in [-0.39, 0.29) is 31.3 Å². The molecule has 242 valence electrons. The molecule has 0 saturated carbocycles. The number of alkyl carbamates (subject to hydrolysis) is 1. The Hall–Kier alpha value is -3.76. The molecule has 1 heterocycles. The van der Waals surface area contributed by atoms with E-state index in [1.54, 1.807) is 12.1 Å². The Bertz CT molecular complexity index is 1560. The van der Waals surface area contributed by atoms with Gasteiger partial charge in [0.1, 0.15) is 24.2 Å². The molecule has 0 saturated heterocycles. The number of carbonyl (C=O) groups excluding carboxylic acids is 4. The highest BCUT2D eigenvalue weighted by atomic mass is 35.5. The van der Waals surface area contributed by atoms with Gasteiger partial charge in [-0.05, 0) is 60.8 Å². The summed E-state index contributed by atoms with van der Waals surface area (Å²) in [5.41, 5.74) is 7.34. The summed E-state index contributed by atoms with van der Waals surface area (Å²) in [7, 11) is 0. The maximum absolute atomic E-state index is 14.2. The van der Waals surface area contributed by atoms with Crippen molar-refractivity contribution in [1.82, 2.24) is 20.9 Å². The van der Waals surface area contributed by atoms with Crippen LogP contribution in [-0.2, 0) is 38.6 Å². The summed E-state index contributed by atoms with van der Waals surface area (Å²) in [6.07, 6.45) is 0.588. The smallest absolute Gasteiger partial charge is 0.408 e. The van der Waals surface area contributed by atoms with Crippen molar-refractivity contribution in [2.75, 3.05) is 0 Å². The fourth-order valence-corrected chi connectivity index (χ4v) is 6.32. The lowest BCUT2D eigenvalue weighted by atomic mass is 9.78. The lowest BCUT2D eigenvalue weighted by Gasteiger charge is -2.39. The molecule has 0 spiro atoms. The zero-order chi connectivity index (χ0) is 32.9. The van der Waals surface area contributed by atoms with E-state index in [0.717, 1.165) is 22.2 Å². The molecule has 0 unspecified atom stereocenters. The minimum Gasteiger partial charge on any atom is -0.445 e. The van der Waals surface area contributed by atoms with Gasteiger partial charge in [0.05, 0.1) is 10.5 Å². The van der Waals surface area contributed by atoms with Crippen LogP contribution in [0.1, 0.15) is 63.8 Å². The number of carbonyl (C=O) groups is 4. The highest BCUT2D eigenvalue weighted by Gasteiger charge is 2.46. The van der Waals surface area contributed by atoms with Crippen LogP contribution >= 0.6 is 23.2 Å². The Balaban J connectivity index is 1.64. The van der Waals surface area contributed by atoms with Crippen LogP contribution in [0.3, 0.4) is 0 Å². The molecule has 12 heteroatoms. The van der Waals surface area contributed by atoms with E-state index in [2.05, 4.69) is 20.9 Å². The first-order valence-corrected chi connectivity index (χ1v) is 15.9. The van der Waals surface area contributed by atoms with Gasteiger partial charge in [-0.25, -0.2) is 4.79 Å².